The molecule has 4 heterocycles. The molecular weight excluding hydrogens is 1820 g/mol. The van der Waals surface area contributed by atoms with Crippen molar-refractivity contribution in [3.8, 4) is 157 Å². The van der Waals surface area contributed by atoms with E-state index < -0.39 is 30.2 Å². The number of para-hydroxylation sites is 6. The van der Waals surface area contributed by atoms with Crippen molar-refractivity contribution in [3.63, 3.8) is 0 Å². The summed E-state index contributed by atoms with van der Waals surface area (Å²) >= 11 is 0. The van der Waals surface area contributed by atoms with Crippen LogP contribution in [0.1, 0.15) is 17.9 Å². The van der Waals surface area contributed by atoms with Crippen molar-refractivity contribution in [2.45, 2.75) is 6.92 Å². The molecule has 0 saturated carbocycles. The van der Waals surface area contributed by atoms with Gasteiger partial charge in [0.05, 0.1) is 45.8 Å². The first-order valence-electron chi connectivity index (χ1n) is 42.8. The molecule has 10 heteroatoms. The van der Waals surface area contributed by atoms with Crippen LogP contribution >= 0.6 is 0 Å². The average Bonchev–Trinajstić information content (AvgIpc) is 1.45. The molecule has 0 aliphatic carbocycles. The van der Waals surface area contributed by atoms with Crippen molar-refractivity contribution in [2.24, 2.45) is 0 Å². The maximum Gasteiger partial charge on any atom is 0.268 e. The summed E-state index contributed by atoms with van der Waals surface area (Å²) in [6, 6.07) is 128. The van der Waals surface area contributed by atoms with Gasteiger partial charge in [0.15, 0.2) is 0 Å². The number of benzene rings is 16. The topological polar surface area (TPSA) is 61.9 Å². The minimum Gasteiger partial charge on any atom is -0.503 e. The number of ether oxygens (including phenoxy) is 2. The van der Waals surface area contributed by atoms with Crippen molar-refractivity contribution in [3.05, 3.63) is 461 Å². The van der Waals surface area contributed by atoms with Gasteiger partial charge in [-0.05, 0) is 167 Å². The molecule has 0 aliphatic heterocycles. The molecule has 0 N–H and O–H groups in total. The van der Waals surface area contributed by atoms with Gasteiger partial charge in [0.2, 0.25) is 0 Å². The van der Waals surface area contributed by atoms with E-state index in [9.17, 15) is 0 Å². The minimum absolute atomic E-state index is 0. The average molecular weight is 1900 g/mol. The Kier molecular flexibility index (Phi) is 20.0. The molecule has 0 aliphatic rings. The number of nitrogens with zero attached hydrogens (tertiary/aromatic N) is 6. The van der Waals surface area contributed by atoms with Gasteiger partial charge in [-0.15, -0.1) is 71.8 Å². The molecule has 0 unspecified atom stereocenters. The maximum atomic E-state index is 9.08. The summed E-state index contributed by atoms with van der Waals surface area (Å²) in [6.07, 6.45) is 10.8. The summed E-state index contributed by atoms with van der Waals surface area (Å²) in [5.41, 5.74) is 23.0. The molecule has 0 fully saturated rings. The SMILES string of the molecule is [2H]c1c([2H])c([2H])c(-c2cccc(-c3c([2H])c([2H])c([2H])c(C)c3[2H])c2-[n+]2[c-]n(-c3[c-]c(Oc4[c-]c(-c5ccccn5)ccc4)ccc3)c3ccccc32)c([2H])c1[2H].[Pt].[Pt].[c-]1c(Oc2[c-]c(-n3[c-][n+](-c4c(-c5cc(-c6ccccc6)cc(-c6ccccc6)c5)cccc4-c4cc(-c5ccccc5)cc(-c5ccccc5)c4)c4ccccc43)ccc2)cccc1-c1ccccn1. The van der Waals surface area contributed by atoms with E-state index in [2.05, 4.69) is 256 Å². The smallest absolute Gasteiger partial charge is 0.268 e. The van der Waals surface area contributed by atoms with Crippen molar-refractivity contribution in [1.29, 1.82) is 0 Å². The summed E-state index contributed by atoms with van der Waals surface area (Å²) in [4.78, 5) is 8.94. The molecule has 0 bridgehead atoms. The first-order chi connectivity index (χ1) is 61.6. The summed E-state index contributed by atoms with van der Waals surface area (Å²) in [5.74, 6) is 1.98. The number of rotatable bonds is 18. The number of hydrogen-bond donors (Lipinski definition) is 0. The van der Waals surface area contributed by atoms with Crippen LogP contribution in [0.25, 0.3) is 156 Å². The zero-order valence-electron chi connectivity index (χ0n) is 72.8. The molecule has 0 spiro atoms. The third-order valence-corrected chi connectivity index (χ3v) is 20.2. The Bertz CT molecular complexity index is 7140. The van der Waals surface area contributed by atoms with Crippen LogP contribution in [-0.2, 0) is 42.1 Å². The van der Waals surface area contributed by atoms with Crippen LogP contribution in [-0.4, -0.2) is 19.1 Å². The standard InChI is InChI=1S/C66H43N3O.C43H29N3O.2Pt/c1-5-20-47(21-6-1)52-38-53(48-22-7-2-8-23-48)41-56(40-52)61-32-19-33-62(57-42-54(49-24-9-3-10-25-49)39-55(43-57)50-26-11-4-12-27-50)66(61)69-46-68(64-35-13-14-36-65(64)69)58-29-18-31-60(45-58)70-59-30-17-28-51(44-59)63-34-15-16-37-67-63;1-31-13-9-16-33(27-31)39-22-12-21-38(32-14-3-2-4-15-32)43(39)46-30-45(41-24-5-6-25-42(41)46)35-18-11-20-37(29-35)47-36-19-10-17-34(28-36)40-23-7-8-26-44-40;;/h1-43H;2-27H,1H3;;/q2*-2;;/i;2D,3D,4D,9D,13D,14D,15D,16D,27D;;. The molecule has 0 amide bonds. The molecule has 0 radical (unpaired) electrons. The van der Waals surface area contributed by atoms with Gasteiger partial charge in [-0.3, -0.25) is 9.13 Å². The third-order valence-electron chi connectivity index (χ3n) is 20.2. The maximum absolute atomic E-state index is 9.08. The number of imidazole rings is 2. The van der Waals surface area contributed by atoms with E-state index in [4.69, 9.17) is 21.8 Å². The van der Waals surface area contributed by atoms with E-state index in [0.717, 1.165) is 112 Å². The zero-order chi connectivity index (χ0) is 86.1. The first kappa shape index (κ1) is 67.0. The molecule has 20 rings (SSSR count). The monoisotopic (exact) mass is 1900 g/mol. The van der Waals surface area contributed by atoms with Crippen molar-refractivity contribution in [1.82, 2.24) is 19.1 Å². The van der Waals surface area contributed by atoms with Crippen LogP contribution in [0.4, 0.5) is 0 Å². The van der Waals surface area contributed by atoms with Crippen LogP contribution in [0.3, 0.4) is 0 Å². The molecule has 4 aromatic heterocycles. The van der Waals surface area contributed by atoms with Gasteiger partial charge in [-0.2, -0.15) is 24.3 Å². The van der Waals surface area contributed by atoms with Gasteiger partial charge in [-0.25, -0.2) is 0 Å². The molecule has 16 aromatic carbocycles. The molecule has 119 heavy (non-hydrogen) atoms. The summed E-state index contributed by atoms with van der Waals surface area (Å²) in [6.45, 7) is 1.55. The largest absolute Gasteiger partial charge is 0.503 e. The Morgan fingerprint density at radius 1 is 0.294 bits per heavy atom. The van der Waals surface area contributed by atoms with Crippen LogP contribution < -0.4 is 18.6 Å². The number of fused-ring (bicyclic) bond motifs is 2. The summed E-state index contributed by atoms with van der Waals surface area (Å²) < 4.78 is 98.5. The zero-order valence-corrected chi connectivity index (χ0v) is 68.3. The molecule has 0 atom stereocenters. The number of aromatic nitrogens is 6. The molecular formula is C109H72N6O2Pt2-4. The predicted molar refractivity (Wildman–Crippen MR) is 470 cm³/mol. The van der Waals surface area contributed by atoms with Crippen molar-refractivity contribution in [2.75, 3.05) is 0 Å². The molecule has 8 nitrogen and oxygen atoms in total. The molecule has 20 aromatic rings. The van der Waals surface area contributed by atoms with E-state index in [1.807, 2.05) is 121 Å². The Hall–Kier alpha value is -14.3. The first-order valence-corrected chi connectivity index (χ1v) is 38.3. The second-order valence-corrected chi connectivity index (χ2v) is 27.8. The second-order valence-electron chi connectivity index (χ2n) is 27.8. The fourth-order valence-electron chi connectivity index (χ4n) is 14.8. The normalized spacial score (nSPS) is 12.0. The van der Waals surface area contributed by atoms with Gasteiger partial charge in [0, 0.05) is 77.5 Å². The van der Waals surface area contributed by atoms with Gasteiger partial charge in [0.1, 0.15) is 0 Å². The number of pyridine rings is 2. The number of hydrogen-bond acceptors (Lipinski definition) is 4. The Labute approximate surface area is 734 Å². The predicted octanol–water partition coefficient (Wildman–Crippen LogP) is 26.0. The van der Waals surface area contributed by atoms with E-state index in [1.54, 1.807) is 58.8 Å². The van der Waals surface area contributed by atoms with E-state index in [0.29, 0.717) is 39.7 Å². The second kappa shape index (κ2) is 35.5. The van der Waals surface area contributed by atoms with Crippen LogP contribution in [0.2, 0.25) is 0 Å². The van der Waals surface area contributed by atoms with Gasteiger partial charge < -0.3 is 28.6 Å². The quantitative estimate of drug-likeness (QED) is 0.0634. The van der Waals surface area contributed by atoms with Gasteiger partial charge >= 0.3 is 0 Å². The van der Waals surface area contributed by atoms with Gasteiger partial charge in [0.25, 0.3) is 12.7 Å². The van der Waals surface area contributed by atoms with Crippen LogP contribution in [0, 0.1) is 43.8 Å². The molecule has 574 valence electrons. The van der Waals surface area contributed by atoms with Crippen LogP contribution in [0.5, 0.6) is 23.0 Å². The van der Waals surface area contributed by atoms with Crippen LogP contribution in [0.15, 0.2) is 419 Å². The van der Waals surface area contributed by atoms with Crippen molar-refractivity contribution >= 4 is 22.1 Å². The summed E-state index contributed by atoms with van der Waals surface area (Å²) in [5, 5.41) is 0. The Morgan fingerprint density at radius 3 is 1.05 bits per heavy atom. The van der Waals surface area contributed by atoms with E-state index in [-0.39, 0.29) is 99.8 Å². The minimum atomic E-state index is -0.543. The fraction of sp³-hybridized carbons (Fsp3) is 0.00917. The third kappa shape index (κ3) is 16.7. The Balaban J connectivity index is 0.000000182. The van der Waals surface area contributed by atoms with E-state index in [1.165, 1.54) is 0 Å². The van der Waals surface area contributed by atoms with Gasteiger partial charge in [-0.1, -0.05) is 303 Å². The molecule has 0 saturated heterocycles. The van der Waals surface area contributed by atoms with Crippen molar-refractivity contribution < 1.29 is 73.1 Å². The fourth-order valence-corrected chi connectivity index (χ4v) is 14.8. The van der Waals surface area contributed by atoms with E-state index >= 15 is 0 Å². The summed E-state index contributed by atoms with van der Waals surface area (Å²) in [7, 11) is 0. The Morgan fingerprint density at radius 2 is 0.639 bits per heavy atom.